The molecule has 136 valence electrons. The molecule has 1 aliphatic heterocycles. The lowest BCUT2D eigenvalue weighted by molar-refractivity contribution is 0.200. The van der Waals surface area contributed by atoms with Gasteiger partial charge in [0.2, 0.25) is 0 Å². The maximum Gasteiger partial charge on any atom is 0.317 e. The molecule has 25 heavy (non-hydrogen) atoms. The van der Waals surface area contributed by atoms with Gasteiger partial charge in [0.15, 0.2) is 0 Å². The second-order valence-electron chi connectivity index (χ2n) is 7.46. The Hall–Kier alpha value is -1.82. The number of aryl methyl sites for hydroxylation is 2. The van der Waals surface area contributed by atoms with Crippen molar-refractivity contribution in [3.63, 3.8) is 0 Å². The van der Waals surface area contributed by atoms with Crippen LogP contribution < -0.4 is 5.32 Å². The van der Waals surface area contributed by atoms with Crippen molar-refractivity contribution in [2.24, 2.45) is 0 Å². The SMILES string of the molecule is Cc1[nH]c2ccc(CNC(=O)N3CCS(=O)C(C)(C)CC3)cc2c1C. The summed E-state index contributed by atoms with van der Waals surface area (Å²) in [5, 5.41) is 4.21. The summed E-state index contributed by atoms with van der Waals surface area (Å²) in [4.78, 5) is 17.6. The predicted octanol–water partition coefficient (Wildman–Crippen LogP) is 3.23. The van der Waals surface area contributed by atoms with Crippen molar-refractivity contribution in [3.8, 4) is 0 Å². The van der Waals surface area contributed by atoms with Crippen LogP contribution in [0.5, 0.6) is 0 Å². The van der Waals surface area contributed by atoms with Gasteiger partial charge in [-0.3, -0.25) is 4.21 Å². The average molecular weight is 362 g/mol. The number of hydrogen-bond donors (Lipinski definition) is 2. The Kier molecular flexibility index (Phi) is 4.91. The molecule has 1 saturated heterocycles. The maximum absolute atomic E-state index is 12.5. The van der Waals surface area contributed by atoms with E-state index in [-0.39, 0.29) is 10.8 Å². The Labute approximate surface area is 151 Å². The van der Waals surface area contributed by atoms with Gasteiger partial charge in [-0.05, 0) is 57.4 Å². The van der Waals surface area contributed by atoms with Crippen molar-refractivity contribution in [1.29, 1.82) is 0 Å². The highest BCUT2D eigenvalue weighted by Crippen LogP contribution is 2.23. The lowest BCUT2D eigenvalue weighted by atomic mass is 10.1. The summed E-state index contributed by atoms with van der Waals surface area (Å²) in [7, 11) is -0.886. The molecule has 1 unspecified atom stereocenters. The molecule has 2 N–H and O–H groups in total. The molecule has 1 aliphatic rings. The molecule has 3 rings (SSSR count). The molecule has 0 radical (unpaired) electrons. The first-order valence-electron chi connectivity index (χ1n) is 8.77. The summed E-state index contributed by atoms with van der Waals surface area (Å²) in [5.74, 6) is 0.550. The van der Waals surface area contributed by atoms with E-state index in [0.717, 1.165) is 17.5 Å². The van der Waals surface area contributed by atoms with Crippen LogP contribution in [-0.4, -0.2) is 43.7 Å². The largest absolute Gasteiger partial charge is 0.358 e. The van der Waals surface area contributed by atoms with Gasteiger partial charge < -0.3 is 15.2 Å². The van der Waals surface area contributed by atoms with E-state index in [1.165, 1.54) is 16.6 Å². The minimum atomic E-state index is -0.886. The second-order valence-corrected chi connectivity index (χ2v) is 9.66. The molecule has 0 spiro atoms. The molecular formula is C19H27N3O2S. The number of hydrogen-bond acceptors (Lipinski definition) is 2. The summed E-state index contributed by atoms with van der Waals surface area (Å²) in [6.45, 7) is 9.91. The van der Waals surface area contributed by atoms with Crippen molar-refractivity contribution in [2.75, 3.05) is 18.8 Å². The number of urea groups is 1. The zero-order chi connectivity index (χ0) is 18.2. The normalized spacial score (nSPS) is 20.5. The lowest BCUT2D eigenvalue weighted by Crippen LogP contribution is -2.41. The fourth-order valence-corrected chi connectivity index (χ4v) is 4.47. The van der Waals surface area contributed by atoms with Gasteiger partial charge >= 0.3 is 6.03 Å². The molecular weight excluding hydrogens is 334 g/mol. The predicted molar refractivity (Wildman–Crippen MR) is 103 cm³/mol. The van der Waals surface area contributed by atoms with E-state index in [9.17, 15) is 9.00 Å². The van der Waals surface area contributed by atoms with E-state index in [4.69, 9.17) is 0 Å². The minimum absolute atomic E-state index is 0.0724. The minimum Gasteiger partial charge on any atom is -0.358 e. The zero-order valence-electron chi connectivity index (χ0n) is 15.4. The highest BCUT2D eigenvalue weighted by atomic mass is 32.2. The van der Waals surface area contributed by atoms with Crippen LogP contribution in [0.2, 0.25) is 0 Å². The van der Waals surface area contributed by atoms with Gasteiger partial charge in [-0.25, -0.2) is 4.79 Å². The number of rotatable bonds is 2. The molecule has 1 aromatic carbocycles. The molecule has 1 aromatic heterocycles. The third-order valence-corrected chi connectivity index (χ3v) is 7.24. The number of aromatic amines is 1. The molecule has 2 amide bonds. The number of nitrogens with one attached hydrogen (secondary N) is 2. The van der Waals surface area contributed by atoms with E-state index >= 15 is 0 Å². The topological polar surface area (TPSA) is 65.2 Å². The third kappa shape index (κ3) is 3.73. The van der Waals surface area contributed by atoms with Crippen LogP contribution in [-0.2, 0) is 17.3 Å². The quantitative estimate of drug-likeness (QED) is 0.862. The van der Waals surface area contributed by atoms with Gasteiger partial charge in [0, 0.05) is 57.5 Å². The molecule has 2 heterocycles. The van der Waals surface area contributed by atoms with Crippen molar-refractivity contribution < 1.29 is 9.00 Å². The van der Waals surface area contributed by atoms with Gasteiger partial charge in [-0.2, -0.15) is 0 Å². The van der Waals surface area contributed by atoms with E-state index < -0.39 is 10.8 Å². The molecule has 0 aliphatic carbocycles. The second kappa shape index (κ2) is 6.83. The number of carbonyl (C=O) groups is 1. The highest BCUT2D eigenvalue weighted by molar-refractivity contribution is 7.86. The number of H-pyrrole nitrogens is 1. The first kappa shape index (κ1) is 18.0. The zero-order valence-corrected chi connectivity index (χ0v) is 16.3. The van der Waals surface area contributed by atoms with Gasteiger partial charge in [-0.15, -0.1) is 0 Å². The van der Waals surface area contributed by atoms with Gasteiger partial charge in [0.25, 0.3) is 0 Å². The fraction of sp³-hybridized carbons (Fsp3) is 0.526. The molecule has 5 nitrogen and oxygen atoms in total. The first-order valence-corrected chi connectivity index (χ1v) is 10.1. The Morgan fingerprint density at radius 3 is 2.84 bits per heavy atom. The maximum atomic E-state index is 12.5. The highest BCUT2D eigenvalue weighted by Gasteiger charge is 2.31. The van der Waals surface area contributed by atoms with E-state index in [0.29, 0.717) is 25.4 Å². The van der Waals surface area contributed by atoms with Crippen LogP contribution in [0.25, 0.3) is 10.9 Å². The Morgan fingerprint density at radius 2 is 2.08 bits per heavy atom. The summed E-state index contributed by atoms with van der Waals surface area (Å²) >= 11 is 0. The number of amides is 2. The summed E-state index contributed by atoms with van der Waals surface area (Å²) < 4.78 is 12.0. The number of benzene rings is 1. The molecule has 0 saturated carbocycles. The smallest absolute Gasteiger partial charge is 0.317 e. The Balaban J connectivity index is 1.64. The summed E-state index contributed by atoms with van der Waals surface area (Å²) in [5.41, 5.74) is 4.64. The summed E-state index contributed by atoms with van der Waals surface area (Å²) in [6, 6.07) is 6.17. The number of fused-ring (bicyclic) bond motifs is 1. The van der Waals surface area contributed by atoms with E-state index in [2.05, 4.69) is 36.3 Å². The molecule has 1 atom stereocenters. The van der Waals surface area contributed by atoms with Crippen molar-refractivity contribution in [3.05, 3.63) is 35.0 Å². The number of carbonyl (C=O) groups excluding carboxylic acids is 1. The van der Waals surface area contributed by atoms with Crippen molar-refractivity contribution >= 4 is 27.7 Å². The first-order chi connectivity index (χ1) is 11.8. The molecule has 6 heteroatoms. The Bertz CT molecular complexity index is 825. The van der Waals surface area contributed by atoms with Gasteiger partial charge in [0.05, 0.1) is 0 Å². The summed E-state index contributed by atoms with van der Waals surface area (Å²) in [6.07, 6.45) is 0.765. The van der Waals surface area contributed by atoms with Crippen molar-refractivity contribution in [1.82, 2.24) is 15.2 Å². The molecule has 2 aromatic rings. The lowest BCUT2D eigenvalue weighted by Gasteiger charge is -2.22. The van der Waals surface area contributed by atoms with Crippen LogP contribution in [0.1, 0.15) is 37.1 Å². The van der Waals surface area contributed by atoms with Crippen LogP contribution in [0.3, 0.4) is 0 Å². The van der Waals surface area contributed by atoms with Crippen LogP contribution in [0, 0.1) is 13.8 Å². The van der Waals surface area contributed by atoms with Crippen molar-refractivity contribution in [2.45, 2.75) is 45.4 Å². The van der Waals surface area contributed by atoms with Crippen LogP contribution in [0.4, 0.5) is 4.79 Å². The van der Waals surface area contributed by atoms with Gasteiger partial charge in [-0.1, -0.05) is 6.07 Å². The molecule has 0 bridgehead atoms. The number of aromatic nitrogens is 1. The van der Waals surface area contributed by atoms with Crippen LogP contribution in [0.15, 0.2) is 18.2 Å². The Morgan fingerprint density at radius 1 is 1.32 bits per heavy atom. The standard InChI is InChI=1S/C19H27N3O2S/c1-13-14(2)21-17-6-5-15(11-16(13)17)12-20-18(23)22-8-7-19(3,4)25(24)10-9-22/h5-6,11,21H,7-10,12H2,1-4H3,(H,20,23). The number of nitrogens with zero attached hydrogens (tertiary/aromatic N) is 1. The van der Waals surface area contributed by atoms with E-state index in [1.54, 1.807) is 4.90 Å². The monoisotopic (exact) mass is 361 g/mol. The van der Waals surface area contributed by atoms with Crippen LogP contribution >= 0.6 is 0 Å². The fourth-order valence-electron chi connectivity index (χ4n) is 3.21. The van der Waals surface area contributed by atoms with Gasteiger partial charge in [0.1, 0.15) is 0 Å². The molecule has 1 fully saturated rings. The third-order valence-electron chi connectivity index (χ3n) is 5.25. The van der Waals surface area contributed by atoms with E-state index in [1.807, 2.05) is 19.9 Å². The average Bonchev–Trinajstić information content (AvgIpc) is 2.78.